The molecule has 0 aromatic carbocycles. The quantitative estimate of drug-likeness (QED) is 0.806. The van der Waals surface area contributed by atoms with Crippen molar-refractivity contribution in [3.05, 3.63) is 18.5 Å². The summed E-state index contributed by atoms with van der Waals surface area (Å²) in [4.78, 5) is 4.15. The van der Waals surface area contributed by atoms with Crippen LogP contribution in [0.1, 0.15) is 26.2 Å². The van der Waals surface area contributed by atoms with Gasteiger partial charge in [-0.1, -0.05) is 6.92 Å². The standard InChI is InChI=1S/C11H15NO3S/c1-2-16(13,14)11-6-10(7-12-8-11)15-9-4-3-5-9/h6-9H,2-5H2,1H3. The fourth-order valence-corrected chi connectivity index (χ4v) is 2.33. The average molecular weight is 241 g/mol. The summed E-state index contributed by atoms with van der Waals surface area (Å²) in [7, 11) is -3.19. The van der Waals surface area contributed by atoms with Gasteiger partial charge in [0.15, 0.2) is 9.84 Å². The minimum Gasteiger partial charge on any atom is -0.489 e. The van der Waals surface area contributed by atoms with Crippen LogP contribution in [0.3, 0.4) is 0 Å². The van der Waals surface area contributed by atoms with Crippen LogP contribution in [0.4, 0.5) is 0 Å². The van der Waals surface area contributed by atoms with Crippen LogP contribution < -0.4 is 4.74 Å². The van der Waals surface area contributed by atoms with Gasteiger partial charge in [-0.3, -0.25) is 4.98 Å². The first-order valence-corrected chi connectivity index (χ1v) is 7.11. The normalized spacial score (nSPS) is 16.8. The minimum absolute atomic E-state index is 0.0849. The number of nitrogens with zero attached hydrogens (tertiary/aromatic N) is 1. The van der Waals surface area contributed by atoms with Crippen molar-refractivity contribution < 1.29 is 13.2 Å². The Morgan fingerprint density at radius 2 is 2.19 bits per heavy atom. The zero-order chi connectivity index (χ0) is 11.6. The maximum absolute atomic E-state index is 11.6. The number of ether oxygens (including phenoxy) is 1. The van der Waals surface area contributed by atoms with Crippen molar-refractivity contribution in [1.29, 1.82) is 0 Å². The molecule has 0 atom stereocenters. The lowest BCUT2D eigenvalue weighted by molar-refractivity contribution is 0.119. The van der Waals surface area contributed by atoms with Gasteiger partial charge in [0.2, 0.25) is 0 Å². The molecule has 1 fully saturated rings. The Morgan fingerprint density at radius 3 is 2.75 bits per heavy atom. The van der Waals surface area contributed by atoms with Gasteiger partial charge in [0, 0.05) is 12.3 Å². The molecule has 1 saturated carbocycles. The highest BCUT2D eigenvalue weighted by Crippen LogP contribution is 2.25. The topological polar surface area (TPSA) is 56.3 Å². The van der Waals surface area contributed by atoms with Crippen LogP contribution in [-0.2, 0) is 9.84 Å². The summed E-state index contributed by atoms with van der Waals surface area (Å²) in [5, 5.41) is 0. The van der Waals surface area contributed by atoms with E-state index in [0.29, 0.717) is 5.75 Å². The zero-order valence-corrected chi connectivity index (χ0v) is 10.0. The van der Waals surface area contributed by atoms with Crippen LogP contribution in [0.2, 0.25) is 0 Å². The average Bonchev–Trinajstić information content (AvgIpc) is 2.24. The van der Waals surface area contributed by atoms with Gasteiger partial charge in [-0.25, -0.2) is 8.42 Å². The number of aromatic nitrogens is 1. The second-order valence-electron chi connectivity index (χ2n) is 3.93. The van der Waals surface area contributed by atoms with Crippen LogP contribution in [0.25, 0.3) is 0 Å². The summed E-state index contributed by atoms with van der Waals surface area (Å²) < 4.78 is 28.9. The third-order valence-electron chi connectivity index (χ3n) is 2.78. The molecule has 0 amide bonds. The lowest BCUT2D eigenvalue weighted by atomic mass is 9.96. The molecule has 0 spiro atoms. The third kappa shape index (κ3) is 2.35. The van der Waals surface area contributed by atoms with Gasteiger partial charge in [0.05, 0.1) is 22.9 Å². The molecule has 1 aliphatic carbocycles. The molecular weight excluding hydrogens is 226 g/mol. The number of hydrogen-bond donors (Lipinski definition) is 0. The molecule has 1 aliphatic rings. The fraction of sp³-hybridized carbons (Fsp3) is 0.545. The molecular formula is C11H15NO3S. The molecule has 88 valence electrons. The van der Waals surface area contributed by atoms with Crippen molar-refractivity contribution in [3.63, 3.8) is 0 Å². The molecule has 5 heteroatoms. The predicted octanol–water partition coefficient (Wildman–Crippen LogP) is 1.81. The van der Waals surface area contributed by atoms with Gasteiger partial charge in [-0.05, 0) is 19.3 Å². The maximum atomic E-state index is 11.6. The highest BCUT2D eigenvalue weighted by molar-refractivity contribution is 7.91. The number of sulfone groups is 1. The summed E-state index contributed by atoms with van der Waals surface area (Å²) in [6.07, 6.45) is 6.45. The summed E-state index contributed by atoms with van der Waals surface area (Å²) in [6, 6.07) is 1.56. The van der Waals surface area contributed by atoms with Gasteiger partial charge >= 0.3 is 0 Å². The molecule has 0 N–H and O–H groups in total. The fourth-order valence-electron chi connectivity index (χ4n) is 1.48. The van der Waals surface area contributed by atoms with Gasteiger partial charge in [0.25, 0.3) is 0 Å². The Morgan fingerprint density at radius 1 is 1.44 bits per heavy atom. The van der Waals surface area contributed by atoms with Gasteiger partial charge in [-0.15, -0.1) is 0 Å². The Hall–Kier alpha value is -1.10. The molecule has 1 aromatic rings. The molecule has 4 nitrogen and oxygen atoms in total. The Bertz CT molecular complexity index is 466. The van der Waals surface area contributed by atoms with Gasteiger partial charge in [-0.2, -0.15) is 0 Å². The van der Waals surface area contributed by atoms with E-state index >= 15 is 0 Å². The lowest BCUT2D eigenvalue weighted by Crippen LogP contribution is -2.24. The summed E-state index contributed by atoms with van der Waals surface area (Å²) in [6.45, 7) is 1.62. The Kier molecular flexibility index (Phi) is 3.14. The lowest BCUT2D eigenvalue weighted by Gasteiger charge is -2.26. The molecule has 0 saturated heterocycles. The van der Waals surface area contributed by atoms with Crippen LogP contribution in [-0.4, -0.2) is 25.3 Å². The van der Waals surface area contributed by atoms with E-state index in [1.165, 1.54) is 12.6 Å². The van der Waals surface area contributed by atoms with E-state index in [1.807, 2.05) is 0 Å². The molecule has 0 radical (unpaired) electrons. The molecule has 0 aliphatic heterocycles. The Labute approximate surface area is 95.6 Å². The van der Waals surface area contributed by atoms with E-state index < -0.39 is 9.84 Å². The SMILES string of the molecule is CCS(=O)(=O)c1cncc(OC2CCC2)c1. The molecule has 2 rings (SSSR count). The smallest absolute Gasteiger partial charge is 0.179 e. The number of rotatable bonds is 4. The van der Waals surface area contributed by atoms with E-state index in [1.54, 1.807) is 19.2 Å². The molecule has 1 heterocycles. The van der Waals surface area contributed by atoms with Crippen molar-refractivity contribution in [1.82, 2.24) is 4.98 Å². The first-order valence-electron chi connectivity index (χ1n) is 5.46. The van der Waals surface area contributed by atoms with E-state index in [2.05, 4.69) is 4.98 Å². The van der Waals surface area contributed by atoms with Crippen molar-refractivity contribution in [3.8, 4) is 5.75 Å². The first kappa shape index (κ1) is 11.4. The van der Waals surface area contributed by atoms with Crippen LogP contribution in [0, 0.1) is 0 Å². The third-order valence-corrected chi connectivity index (χ3v) is 4.48. The minimum atomic E-state index is -3.19. The van der Waals surface area contributed by atoms with Crippen LogP contribution in [0.5, 0.6) is 5.75 Å². The van der Waals surface area contributed by atoms with Crippen LogP contribution in [0.15, 0.2) is 23.4 Å². The highest BCUT2D eigenvalue weighted by atomic mass is 32.2. The van der Waals surface area contributed by atoms with Gasteiger partial charge < -0.3 is 4.74 Å². The van der Waals surface area contributed by atoms with Crippen LogP contribution >= 0.6 is 0 Å². The first-order chi connectivity index (χ1) is 7.62. The van der Waals surface area contributed by atoms with Gasteiger partial charge in [0.1, 0.15) is 5.75 Å². The van der Waals surface area contributed by atoms with E-state index in [4.69, 9.17) is 4.74 Å². The molecule has 16 heavy (non-hydrogen) atoms. The van der Waals surface area contributed by atoms with Crippen molar-refractivity contribution in [2.24, 2.45) is 0 Å². The highest BCUT2D eigenvalue weighted by Gasteiger charge is 2.20. The van der Waals surface area contributed by atoms with E-state index in [0.717, 1.165) is 12.8 Å². The van der Waals surface area contributed by atoms with Crippen molar-refractivity contribution in [2.75, 3.05) is 5.75 Å². The van der Waals surface area contributed by atoms with E-state index in [-0.39, 0.29) is 16.8 Å². The number of pyridine rings is 1. The maximum Gasteiger partial charge on any atom is 0.179 e. The monoisotopic (exact) mass is 241 g/mol. The van der Waals surface area contributed by atoms with E-state index in [9.17, 15) is 8.42 Å². The van der Waals surface area contributed by atoms with Crippen molar-refractivity contribution >= 4 is 9.84 Å². The molecule has 0 unspecified atom stereocenters. The zero-order valence-electron chi connectivity index (χ0n) is 9.22. The molecule has 1 aromatic heterocycles. The second kappa shape index (κ2) is 4.41. The Balaban J connectivity index is 2.18. The summed E-state index contributed by atoms with van der Waals surface area (Å²) in [5.41, 5.74) is 0. The predicted molar refractivity (Wildman–Crippen MR) is 60.2 cm³/mol. The molecule has 0 bridgehead atoms. The summed E-state index contributed by atoms with van der Waals surface area (Å²) >= 11 is 0. The number of hydrogen-bond acceptors (Lipinski definition) is 4. The second-order valence-corrected chi connectivity index (χ2v) is 6.21. The summed E-state index contributed by atoms with van der Waals surface area (Å²) in [5.74, 6) is 0.640. The largest absolute Gasteiger partial charge is 0.489 e. The van der Waals surface area contributed by atoms with Crippen molar-refractivity contribution in [2.45, 2.75) is 37.2 Å².